The number of nitrogens with one attached hydrogen (secondary N) is 1. The van der Waals surface area contributed by atoms with E-state index in [0.717, 1.165) is 25.1 Å². The molecule has 0 radical (unpaired) electrons. The summed E-state index contributed by atoms with van der Waals surface area (Å²) >= 11 is 0. The van der Waals surface area contributed by atoms with E-state index in [4.69, 9.17) is 0 Å². The van der Waals surface area contributed by atoms with Gasteiger partial charge in [0, 0.05) is 30.7 Å². The number of pyridine rings is 1. The van der Waals surface area contributed by atoms with Gasteiger partial charge < -0.3 is 10.2 Å². The lowest BCUT2D eigenvalue weighted by Crippen LogP contribution is -2.31. The van der Waals surface area contributed by atoms with Crippen molar-refractivity contribution in [3.05, 3.63) is 59.9 Å². The van der Waals surface area contributed by atoms with Crippen LogP contribution in [0.15, 0.2) is 48.8 Å². The zero-order valence-electron chi connectivity index (χ0n) is 12.1. The van der Waals surface area contributed by atoms with Gasteiger partial charge in [0.25, 0.3) is 5.91 Å². The molecule has 0 saturated carbocycles. The fourth-order valence-electron chi connectivity index (χ4n) is 2.91. The Morgan fingerprint density at radius 1 is 1.29 bits per heavy atom. The number of anilines is 1. The van der Waals surface area contributed by atoms with E-state index < -0.39 is 0 Å². The van der Waals surface area contributed by atoms with Gasteiger partial charge in [-0.1, -0.05) is 18.2 Å². The van der Waals surface area contributed by atoms with Crippen LogP contribution in [-0.4, -0.2) is 24.5 Å². The first-order chi connectivity index (χ1) is 10.3. The van der Waals surface area contributed by atoms with E-state index >= 15 is 0 Å². The van der Waals surface area contributed by atoms with Gasteiger partial charge in [0.2, 0.25) is 0 Å². The summed E-state index contributed by atoms with van der Waals surface area (Å²) in [5.41, 5.74) is 2.83. The maximum absolute atomic E-state index is 12.8. The van der Waals surface area contributed by atoms with E-state index in [0.29, 0.717) is 11.6 Å². The number of hydrogen-bond acceptors (Lipinski definition) is 3. The minimum atomic E-state index is 0.0207. The molecule has 2 heterocycles. The van der Waals surface area contributed by atoms with Gasteiger partial charge in [-0.3, -0.25) is 9.78 Å². The number of hydrogen-bond donors (Lipinski definition) is 1. The quantitative estimate of drug-likeness (QED) is 0.920. The molecule has 21 heavy (non-hydrogen) atoms. The van der Waals surface area contributed by atoms with Crippen LogP contribution < -0.4 is 10.2 Å². The van der Waals surface area contributed by atoms with Crippen LogP contribution in [0, 0.1) is 0 Å². The van der Waals surface area contributed by atoms with Crippen molar-refractivity contribution in [1.29, 1.82) is 0 Å². The lowest BCUT2D eigenvalue weighted by Gasteiger charge is -2.24. The highest BCUT2D eigenvalue weighted by Crippen LogP contribution is 2.33. The third-order valence-corrected chi connectivity index (χ3v) is 3.98. The molecule has 1 N–H and O–H groups in total. The summed E-state index contributed by atoms with van der Waals surface area (Å²) in [5.74, 6) is 0.0207. The Morgan fingerprint density at radius 2 is 2.14 bits per heavy atom. The lowest BCUT2D eigenvalue weighted by atomic mass is 10.0. The van der Waals surface area contributed by atoms with Crippen LogP contribution >= 0.6 is 0 Å². The summed E-state index contributed by atoms with van der Waals surface area (Å²) in [6.45, 7) is 0.739. The topological polar surface area (TPSA) is 45.2 Å². The van der Waals surface area contributed by atoms with Crippen LogP contribution in [0.4, 0.5) is 5.69 Å². The number of amides is 1. The molecular weight excluding hydrogens is 262 g/mol. The van der Waals surface area contributed by atoms with E-state index in [-0.39, 0.29) is 5.91 Å². The van der Waals surface area contributed by atoms with Crippen molar-refractivity contribution in [2.24, 2.45) is 0 Å². The average Bonchev–Trinajstić information content (AvgIpc) is 2.74. The van der Waals surface area contributed by atoms with Gasteiger partial charge in [-0.2, -0.15) is 0 Å². The molecule has 1 aromatic carbocycles. The Morgan fingerprint density at radius 3 is 2.90 bits per heavy atom. The maximum Gasteiger partial charge on any atom is 0.259 e. The third-order valence-electron chi connectivity index (χ3n) is 3.98. The van der Waals surface area contributed by atoms with Crippen molar-refractivity contribution < 1.29 is 4.79 Å². The van der Waals surface area contributed by atoms with Gasteiger partial charge in [0.1, 0.15) is 0 Å². The molecule has 1 aromatic heterocycles. The van der Waals surface area contributed by atoms with Crippen molar-refractivity contribution in [2.75, 3.05) is 18.5 Å². The van der Waals surface area contributed by atoms with E-state index in [1.807, 2.05) is 36.2 Å². The predicted molar refractivity (Wildman–Crippen MR) is 83.4 cm³/mol. The van der Waals surface area contributed by atoms with Crippen molar-refractivity contribution in [3.8, 4) is 0 Å². The molecule has 1 aliphatic heterocycles. The van der Waals surface area contributed by atoms with Gasteiger partial charge in [-0.15, -0.1) is 0 Å². The van der Waals surface area contributed by atoms with Gasteiger partial charge in [-0.05, 0) is 43.7 Å². The molecule has 4 heteroatoms. The molecule has 1 atom stereocenters. The van der Waals surface area contributed by atoms with Crippen molar-refractivity contribution in [3.63, 3.8) is 0 Å². The zero-order valence-corrected chi connectivity index (χ0v) is 12.1. The number of benzene rings is 1. The first-order valence-electron chi connectivity index (χ1n) is 7.29. The highest BCUT2D eigenvalue weighted by Gasteiger charge is 2.26. The number of aromatic nitrogens is 1. The number of fused-ring (bicyclic) bond motifs is 1. The Kier molecular flexibility index (Phi) is 3.97. The van der Waals surface area contributed by atoms with E-state index in [1.165, 1.54) is 5.56 Å². The van der Waals surface area contributed by atoms with Crippen LogP contribution in [0.1, 0.15) is 34.8 Å². The number of carbonyl (C=O) groups excluding carboxylic acids is 1. The molecule has 1 unspecified atom stereocenters. The minimum Gasteiger partial charge on any atom is -0.313 e. The van der Waals surface area contributed by atoms with Crippen LogP contribution in [0.5, 0.6) is 0 Å². The van der Waals surface area contributed by atoms with E-state index in [1.54, 1.807) is 18.5 Å². The van der Waals surface area contributed by atoms with Crippen LogP contribution in [0.2, 0.25) is 0 Å². The predicted octanol–water partition coefficient (Wildman–Crippen LogP) is 2.78. The molecular formula is C17H19N3O. The Bertz CT molecular complexity index is 627. The summed E-state index contributed by atoms with van der Waals surface area (Å²) in [5, 5.41) is 3.35. The van der Waals surface area contributed by atoms with E-state index in [2.05, 4.69) is 16.4 Å². The molecule has 1 amide bonds. The zero-order chi connectivity index (χ0) is 14.7. The molecule has 0 fully saturated rings. The molecule has 0 aliphatic carbocycles. The van der Waals surface area contributed by atoms with Gasteiger partial charge >= 0.3 is 0 Å². The highest BCUT2D eigenvalue weighted by atomic mass is 16.2. The number of nitrogens with zero attached hydrogens (tertiary/aromatic N) is 2. The SMILES string of the molecule is CNC1CCCN(C(=O)c2cccnc2)c2ccccc21. The highest BCUT2D eigenvalue weighted by molar-refractivity contribution is 6.06. The summed E-state index contributed by atoms with van der Waals surface area (Å²) in [6.07, 6.45) is 5.33. The molecule has 4 nitrogen and oxygen atoms in total. The molecule has 1 aliphatic rings. The Labute approximate surface area is 124 Å². The monoisotopic (exact) mass is 281 g/mol. The number of para-hydroxylation sites is 1. The van der Waals surface area contributed by atoms with Gasteiger partial charge in [0.05, 0.1) is 5.56 Å². The normalized spacial score (nSPS) is 18.0. The lowest BCUT2D eigenvalue weighted by molar-refractivity contribution is 0.0986. The molecule has 108 valence electrons. The largest absolute Gasteiger partial charge is 0.313 e. The van der Waals surface area contributed by atoms with Crippen molar-refractivity contribution in [1.82, 2.24) is 10.3 Å². The number of rotatable bonds is 2. The molecule has 0 spiro atoms. The van der Waals surface area contributed by atoms with E-state index in [9.17, 15) is 4.79 Å². The smallest absolute Gasteiger partial charge is 0.259 e. The summed E-state index contributed by atoms with van der Waals surface area (Å²) in [4.78, 5) is 18.7. The minimum absolute atomic E-state index is 0.0207. The fraction of sp³-hybridized carbons (Fsp3) is 0.294. The Hall–Kier alpha value is -2.20. The summed E-state index contributed by atoms with van der Waals surface area (Å²) in [6, 6.07) is 12.1. The fourth-order valence-corrected chi connectivity index (χ4v) is 2.91. The van der Waals surface area contributed by atoms with Crippen LogP contribution in [-0.2, 0) is 0 Å². The summed E-state index contributed by atoms with van der Waals surface area (Å²) in [7, 11) is 1.97. The molecule has 0 bridgehead atoms. The van der Waals surface area contributed by atoms with Crippen LogP contribution in [0.3, 0.4) is 0 Å². The van der Waals surface area contributed by atoms with Gasteiger partial charge in [0.15, 0.2) is 0 Å². The average molecular weight is 281 g/mol. The molecule has 2 aromatic rings. The first kappa shape index (κ1) is 13.8. The second-order valence-corrected chi connectivity index (χ2v) is 5.24. The number of carbonyl (C=O) groups is 1. The Balaban J connectivity index is 2.01. The summed E-state index contributed by atoms with van der Waals surface area (Å²) < 4.78 is 0. The van der Waals surface area contributed by atoms with Crippen molar-refractivity contribution >= 4 is 11.6 Å². The second kappa shape index (κ2) is 6.06. The molecule has 0 saturated heterocycles. The standard InChI is InChI=1S/C17H19N3O/c1-18-15-8-5-11-20(16-9-3-2-7-14(15)16)17(21)13-6-4-10-19-12-13/h2-4,6-7,9-10,12,15,18H,5,8,11H2,1H3. The van der Waals surface area contributed by atoms with Crippen molar-refractivity contribution in [2.45, 2.75) is 18.9 Å². The first-order valence-corrected chi connectivity index (χ1v) is 7.29. The van der Waals surface area contributed by atoms with Gasteiger partial charge in [-0.25, -0.2) is 0 Å². The third kappa shape index (κ3) is 2.67. The molecule has 3 rings (SSSR count). The second-order valence-electron chi connectivity index (χ2n) is 5.24. The maximum atomic E-state index is 12.8. The van der Waals surface area contributed by atoms with Crippen LogP contribution in [0.25, 0.3) is 0 Å².